The minimum absolute atomic E-state index is 0.0403. The molecule has 0 spiro atoms. The van der Waals surface area contributed by atoms with Crippen molar-refractivity contribution in [3.05, 3.63) is 57.8 Å². The number of para-hydroxylation sites is 1. The van der Waals surface area contributed by atoms with E-state index in [2.05, 4.69) is 5.10 Å². The normalized spacial score (nSPS) is 15.8. The lowest BCUT2D eigenvalue weighted by atomic mass is 10.1. The van der Waals surface area contributed by atoms with E-state index in [4.69, 9.17) is 4.74 Å². The Kier molecular flexibility index (Phi) is 4.57. The standard InChI is InChI=1S/C18H16N2O3S/c1-3-23-18(22)16-14(11-15-12(2)9-10-24-15)17(21)20(19-16)13-7-5-4-6-8-13/h4-11H,3H2,1-2H3. The van der Waals surface area contributed by atoms with Crippen LogP contribution in [0.2, 0.25) is 0 Å². The molecule has 0 atom stereocenters. The average Bonchev–Trinajstić information content (AvgIpc) is 3.13. The van der Waals surface area contributed by atoms with Gasteiger partial charge >= 0.3 is 5.97 Å². The summed E-state index contributed by atoms with van der Waals surface area (Å²) in [6.07, 6.45) is 1.71. The van der Waals surface area contributed by atoms with Crippen LogP contribution in [-0.2, 0) is 14.3 Å². The summed E-state index contributed by atoms with van der Waals surface area (Å²) in [6.45, 7) is 3.90. The summed E-state index contributed by atoms with van der Waals surface area (Å²) in [5, 5.41) is 7.39. The number of amides is 1. The van der Waals surface area contributed by atoms with Gasteiger partial charge in [0.1, 0.15) is 0 Å². The van der Waals surface area contributed by atoms with Gasteiger partial charge in [0.05, 0.1) is 17.9 Å². The maximum Gasteiger partial charge on any atom is 0.359 e. The van der Waals surface area contributed by atoms with E-state index in [0.29, 0.717) is 5.69 Å². The Hall–Kier alpha value is -2.73. The molecule has 6 heteroatoms. The molecule has 1 aromatic carbocycles. The molecule has 1 aliphatic rings. The van der Waals surface area contributed by atoms with Crippen molar-refractivity contribution in [3.8, 4) is 0 Å². The van der Waals surface area contributed by atoms with Gasteiger partial charge in [0.15, 0.2) is 5.71 Å². The number of esters is 1. The fourth-order valence-electron chi connectivity index (χ4n) is 2.30. The number of carbonyl (C=O) groups is 2. The van der Waals surface area contributed by atoms with E-state index < -0.39 is 5.97 Å². The maximum atomic E-state index is 12.8. The zero-order valence-electron chi connectivity index (χ0n) is 13.4. The molecule has 5 nitrogen and oxygen atoms in total. The topological polar surface area (TPSA) is 59.0 Å². The maximum absolute atomic E-state index is 12.8. The Morgan fingerprint density at radius 2 is 2.04 bits per heavy atom. The van der Waals surface area contributed by atoms with E-state index in [1.165, 1.54) is 16.3 Å². The zero-order valence-corrected chi connectivity index (χ0v) is 14.2. The van der Waals surface area contributed by atoms with E-state index in [9.17, 15) is 9.59 Å². The number of aryl methyl sites for hydroxylation is 1. The number of hydrogen-bond acceptors (Lipinski definition) is 5. The van der Waals surface area contributed by atoms with Crippen molar-refractivity contribution in [1.29, 1.82) is 0 Å². The van der Waals surface area contributed by atoms with E-state index >= 15 is 0 Å². The van der Waals surface area contributed by atoms with Gasteiger partial charge in [-0.15, -0.1) is 11.3 Å². The Morgan fingerprint density at radius 1 is 1.29 bits per heavy atom. The highest BCUT2D eigenvalue weighted by molar-refractivity contribution is 7.11. The second-order valence-corrected chi connectivity index (χ2v) is 6.10. The van der Waals surface area contributed by atoms with Crippen LogP contribution in [0.5, 0.6) is 0 Å². The molecule has 0 fully saturated rings. The van der Waals surface area contributed by atoms with Crippen LogP contribution in [0.25, 0.3) is 6.08 Å². The molecule has 24 heavy (non-hydrogen) atoms. The number of hydrogen-bond donors (Lipinski definition) is 0. The smallest absolute Gasteiger partial charge is 0.359 e. The molecule has 2 heterocycles. The van der Waals surface area contributed by atoms with E-state index in [0.717, 1.165) is 10.4 Å². The van der Waals surface area contributed by atoms with Crippen molar-refractivity contribution >= 4 is 40.7 Å². The van der Waals surface area contributed by atoms with Gasteiger partial charge < -0.3 is 4.74 Å². The minimum atomic E-state index is -0.593. The molecule has 2 aromatic rings. The third-order valence-corrected chi connectivity index (χ3v) is 4.49. The summed E-state index contributed by atoms with van der Waals surface area (Å²) in [5.74, 6) is -0.929. The highest BCUT2D eigenvalue weighted by atomic mass is 32.1. The van der Waals surface area contributed by atoms with Crippen molar-refractivity contribution in [2.24, 2.45) is 5.10 Å². The van der Waals surface area contributed by atoms with Gasteiger partial charge in [-0.3, -0.25) is 4.79 Å². The number of nitrogens with zero attached hydrogens (tertiary/aromatic N) is 2. The summed E-state index contributed by atoms with van der Waals surface area (Å²) in [5.41, 5.74) is 1.94. The Balaban J connectivity index is 2.05. The number of rotatable bonds is 4. The molecule has 3 rings (SSSR count). The highest BCUT2D eigenvalue weighted by Gasteiger charge is 2.36. The molecule has 0 bridgehead atoms. The SMILES string of the molecule is CCOC(=O)C1=NN(c2ccccc2)C(=O)C1=Cc1sccc1C. The second-order valence-electron chi connectivity index (χ2n) is 5.15. The largest absolute Gasteiger partial charge is 0.461 e. The molecule has 122 valence electrons. The lowest BCUT2D eigenvalue weighted by Gasteiger charge is -2.10. The summed E-state index contributed by atoms with van der Waals surface area (Å²) >= 11 is 1.51. The van der Waals surface area contributed by atoms with Gasteiger partial charge in [0.2, 0.25) is 0 Å². The highest BCUT2D eigenvalue weighted by Crippen LogP contribution is 2.27. The molecule has 0 radical (unpaired) electrons. The first kappa shape index (κ1) is 16.1. The number of benzene rings is 1. The van der Waals surface area contributed by atoms with E-state index in [1.54, 1.807) is 25.1 Å². The molecular formula is C18H16N2O3S. The van der Waals surface area contributed by atoms with Crippen molar-refractivity contribution in [3.63, 3.8) is 0 Å². The van der Waals surface area contributed by atoms with Crippen molar-refractivity contribution in [2.45, 2.75) is 13.8 Å². The van der Waals surface area contributed by atoms with Crippen molar-refractivity contribution < 1.29 is 14.3 Å². The summed E-state index contributed by atoms with van der Waals surface area (Å²) < 4.78 is 5.05. The quantitative estimate of drug-likeness (QED) is 0.633. The molecule has 1 aliphatic heterocycles. The van der Waals surface area contributed by atoms with E-state index in [-0.39, 0.29) is 23.8 Å². The van der Waals surface area contributed by atoms with Gasteiger partial charge in [-0.1, -0.05) is 18.2 Å². The summed E-state index contributed by atoms with van der Waals surface area (Å²) in [4.78, 5) is 25.9. The molecular weight excluding hydrogens is 324 g/mol. The second kappa shape index (κ2) is 6.80. The van der Waals surface area contributed by atoms with Gasteiger partial charge in [0, 0.05) is 4.88 Å². The van der Waals surface area contributed by atoms with Gasteiger partial charge in [-0.25, -0.2) is 4.79 Å². The zero-order chi connectivity index (χ0) is 17.1. The van der Waals surface area contributed by atoms with E-state index in [1.807, 2.05) is 36.6 Å². The molecule has 0 unspecified atom stereocenters. The number of anilines is 1. The van der Waals surface area contributed by atoms with Gasteiger partial charge in [-0.05, 0) is 49.1 Å². The van der Waals surface area contributed by atoms with Crippen LogP contribution in [0.3, 0.4) is 0 Å². The Labute approximate surface area is 143 Å². The fraction of sp³-hybridized carbons (Fsp3) is 0.167. The molecule has 1 amide bonds. The van der Waals surface area contributed by atoms with Gasteiger partial charge in [0.25, 0.3) is 5.91 Å². The van der Waals surface area contributed by atoms with Crippen molar-refractivity contribution in [2.75, 3.05) is 11.6 Å². The Morgan fingerprint density at radius 3 is 2.67 bits per heavy atom. The van der Waals surface area contributed by atoms with Crippen LogP contribution in [-0.4, -0.2) is 24.2 Å². The lowest BCUT2D eigenvalue weighted by Crippen LogP contribution is -2.22. The fourth-order valence-corrected chi connectivity index (χ4v) is 3.16. The summed E-state index contributed by atoms with van der Waals surface area (Å²) in [6, 6.07) is 11.0. The van der Waals surface area contributed by atoms with Gasteiger partial charge in [-0.2, -0.15) is 10.1 Å². The van der Waals surface area contributed by atoms with Crippen LogP contribution >= 0.6 is 11.3 Å². The number of carbonyl (C=O) groups excluding carboxylic acids is 2. The third kappa shape index (κ3) is 3.00. The molecule has 0 N–H and O–H groups in total. The summed E-state index contributed by atoms with van der Waals surface area (Å²) in [7, 11) is 0. The van der Waals surface area contributed by atoms with Crippen LogP contribution in [0.15, 0.2) is 52.5 Å². The molecule has 1 aromatic heterocycles. The van der Waals surface area contributed by atoms with Crippen LogP contribution in [0, 0.1) is 6.92 Å². The monoisotopic (exact) mass is 340 g/mol. The van der Waals surface area contributed by atoms with Crippen molar-refractivity contribution in [1.82, 2.24) is 0 Å². The number of thiophene rings is 1. The lowest BCUT2D eigenvalue weighted by molar-refractivity contribution is -0.135. The first-order valence-electron chi connectivity index (χ1n) is 7.53. The van der Waals surface area contributed by atoms with Crippen LogP contribution in [0.4, 0.5) is 5.69 Å². The van der Waals surface area contributed by atoms with Crippen LogP contribution in [0.1, 0.15) is 17.4 Å². The number of hydrazone groups is 1. The first-order valence-corrected chi connectivity index (χ1v) is 8.41. The third-order valence-electron chi connectivity index (χ3n) is 3.52. The molecule has 0 saturated heterocycles. The van der Waals surface area contributed by atoms with Crippen LogP contribution < -0.4 is 5.01 Å². The average molecular weight is 340 g/mol. The first-order chi connectivity index (χ1) is 11.6. The predicted molar refractivity (Wildman–Crippen MR) is 95.0 cm³/mol. The molecule has 0 saturated carbocycles. The number of ether oxygens (including phenoxy) is 1. The minimum Gasteiger partial charge on any atom is -0.461 e. The molecule has 0 aliphatic carbocycles. The predicted octanol–water partition coefficient (Wildman–Crippen LogP) is 3.41. The Bertz CT molecular complexity index is 837.